The SMILES string of the molecule is CC(Cl)S(=O)(=O)CCNC(=O)c1ccc(N)c(S(=O)(=O)O)c1. The number of sulfone groups is 1. The van der Waals surface area contributed by atoms with Crippen LogP contribution in [-0.2, 0) is 20.0 Å². The molecule has 1 amide bonds. The maximum atomic E-state index is 11.8. The maximum absolute atomic E-state index is 11.8. The number of halogens is 1. The summed E-state index contributed by atoms with van der Waals surface area (Å²) in [6, 6.07) is 3.30. The molecule has 124 valence electrons. The van der Waals surface area contributed by atoms with Gasteiger partial charge in [0.2, 0.25) is 0 Å². The summed E-state index contributed by atoms with van der Waals surface area (Å²) in [6.45, 7) is 1.11. The average molecular weight is 371 g/mol. The van der Waals surface area contributed by atoms with Crippen molar-refractivity contribution in [2.45, 2.75) is 16.5 Å². The molecule has 22 heavy (non-hydrogen) atoms. The molecule has 1 aromatic carbocycles. The summed E-state index contributed by atoms with van der Waals surface area (Å²) >= 11 is 5.48. The molecular formula is C11H15ClN2O6S2. The quantitative estimate of drug-likeness (QED) is 0.369. The van der Waals surface area contributed by atoms with Crippen molar-refractivity contribution in [2.24, 2.45) is 0 Å². The molecule has 1 rings (SSSR count). The Balaban J connectivity index is 2.84. The first-order valence-electron chi connectivity index (χ1n) is 5.96. The van der Waals surface area contributed by atoms with Gasteiger partial charge < -0.3 is 11.1 Å². The predicted octanol–water partition coefficient (Wildman–Crippen LogP) is 0.245. The van der Waals surface area contributed by atoms with Gasteiger partial charge >= 0.3 is 0 Å². The van der Waals surface area contributed by atoms with E-state index in [0.717, 1.165) is 12.1 Å². The average Bonchev–Trinajstić information content (AvgIpc) is 2.37. The van der Waals surface area contributed by atoms with Crippen molar-refractivity contribution in [3.63, 3.8) is 0 Å². The fourth-order valence-corrected chi connectivity index (χ4v) is 3.09. The van der Waals surface area contributed by atoms with Crippen LogP contribution >= 0.6 is 11.6 Å². The molecule has 0 bridgehead atoms. The second-order valence-electron chi connectivity index (χ2n) is 4.39. The van der Waals surface area contributed by atoms with Crippen LogP contribution in [-0.4, -0.2) is 44.3 Å². The molecule has 1 unspecified atom stereocenters. The molecule has 4 N–H and O–H groups in total. The van der Waals surface area contributed by atoms with Gasteiger partial charge in [0.1, 0.15) is 9.60 Å². The largest absolute Gasteiger partial charge is 0.398 e. The molecule has 0 saturated carbocycles. The van der Waals surface area contributed by atoms with E-state index in [0.29, 0.717) is 0 Å². The fourth-order valence-electron chi connectivity index (χ4n) is 1.47. The number of nitrogens with two attached hydrogens (primary N) is 1. The van der Waals surface area contributed by atoms with Gasteiger partial charge in [-0.15, -0.1) is 11.6 Å². The number of nitrogens with one attached hydrogen (secondary N) is 1. The second-order valence-corrected chi connectivity index (χ2v) is 9.14. The van der Waals surface area contributed by atoms with Gasteiger partial charge in [0, 0.05) is 12.1 Å². The van der Waals surface area contributed by atoms with Gasteiger partial charge in [-0.2, -0.15) is 8.42 Å². The molecule has 0 aromatic heterocycles. The van der Waals surface area contributed by atoms with Gasteiger partial charge in [0.25, 0.3) is 16.0 Å². The zero-order chi connectivity index (χ0) is 17.1. The monoisotopic (exact) mass is 370 g/mol. The lowest BCUT2D eigenvalue weighted by atomic mass is 10.2. The summed E-state index contributed by atoms with van der Waals surface area (Å²) in [5.41, 5.74) is 5.11. The molecule has 0 radical (unpaired) electrons. The Morgan fingerprint density at radius 3 is 2.45 bits per heavy atom. The Morgan fingerprint density at radius 2 is 1.95 bits per heavy atom. The number of rotatable bonds is 6. The number of carbonyl (C=O) groups excluding carboxylic acids is 1. The lowest BCUT2D eigenvalue weighted by molar-refractivity contribution is 0.0956. The molecule has 11 heteroatoms. The van der Waals surface area contributed by atoms with Crippen LogP contribution < -0.4 is 11.1 Å². The highest BCUT2D eigenvalue weighted by Crippen LogP contribution is 2.19. The third kappa shape index (κ3) is 4.83. The minimum Gasteiger partial charge on any atom is -0.398 e. The number of anilines is 1. The molecular weight excluding hydrogens is 356 g/mol. The number of carbonyl (C=O) groups is 1. The molecule has 0 aliphatic heterocycles. The van der Waals surface area contributed by atoms with Crippen LogP contribution in [0.25, 0.3) is 0 Å². The second kappa shape index (κ2) is 6.82. The zero-order valence-corrected chi connectivity index (χ0v) is 13.9. The van der Waals surface area contributed by atoms with Crippen molar-refractivity contribution in [1.82, 2.24) is 5.32 Å². The van der Waals surface area contributed by atoms with Gasteiger partial charge in [-0.1, -0.05) is 0 Å². The molecule has 0 saturated heterocycles. The van der Waals surface area contributed by atoms with E-state index in [1.165, 1.54) is 13.0 Å². The minimum atomic E-state index is -4.56. The third-order valence-electron chi connectivity index (χ3n) is 2.72. The van der Waals surface area contributed by atoms with E-state index in [4.69, 9.17) is 21.9 Å². The normalized spacial score (nSPS) is 13.6. The van der Waals surface area contributed by atoms with Crippen LogP contribution in [0.15, 0.2) is 23.1 Å². The van der Waals surface area contributed by atoms with Crippen LogP contribution in [0.5, 0.6) is 0 Å². The molecule has 0 aliphatic carbocycles. The highest BCUT2D eigenvalue weighted by atomic mass is 35.5. The van der Waals surface area contributed by atoms with Crippen LogP contribution in [0.1, 0.15) is 17.3 Å². The Kier molecular flexibility index (Phi) is 5.79. The van der Waals surface area contributed by atoms with Crippen LogP contribution in [0.3, 0.4) is 0 Å². The Hall–Kier alpha value is -1.36. The standard InChI is InChI=1S/C11H15ClN2O6S2/c1-7(12)21(16,17)5-4-14-11(15)8-2-3-9(13)10(6-8)22(18,19)20/h2-3,6-7H,4-5,13H2,1H3,(H,14,15)(H,18,19,20). The summed E-state index contributed by atoms with van der Waals surface area (Å²) in [5.74, 6) is -1.06. The maximum Gasteiger partial charge on any atom is 0.296 e. The topological polar surface area (TPSA) is 144 Å². The first-order chi connectivity index (χ1) is 9.95. The Labute approximate surface area is 133 Å². The van der Waals surface area contributed by atoms with E-state index >= 15 is 0 Å². The smallest absolute Gasteiger partial charge is 0.296 e. The fraction of sp³-hybridized carbons (Fsp3) is 0.364. The number of amides is 1. The molecule has 1 atom stereocenters. The van der Waals surface area contributed by atoms with Crippen molar-refractivity contribution < 1.29 is 26.2 Å². The van der Waals surface area contributed by atoms with Crippen LogP contribution in [0.2, 0.25) is 0 Å². The molecule has 0 heterocycles. The highest BCUT2D eigenvalue weighted by Gasteiger charge is 2.19. The van der Waals surface area contributed by atoms with Crippen LogP contribution in [0, 0.1) is 0 Å². The summed E-state index contributed by atoms with van der Waals surface area (Å²) in [5, 5.41) is 2.31. The van der Waals surface area contributed by atoms with E-state index in [9.17, 15) is 21.6 Å². The zero-order valence-electron chi connectivity index (χ0n) is 11.5. The highest BCUT2D eigenvalue weighted by molar-refractivity contribution is 7.93. The summed E-state index contributed by atoms with van der Waals surface area (Å²) in [6.07, 6.45) is 0. The van der Waals surface area contributed by atoms with E-state index in [1.54, 1.807) is 0 Å². The number of benzene rings is 1. The number of nitrogen functional groups attached to an aromatic ring is 1. The van der Waals surface area contributed by atoms with E-state index in [2.05, 4.69) is 5.32 Å². The van der Waals surface area contributed by atoms with Gasteiger partial charge in [-0.25, -0.2) is 8.42 Å². The Morgan fingerprint density at radius 1 is 1.36 bits per heavy atom. The first-order valence-corrected chi connectivity index (χ1v) is 9.55. The van der Waals surface area contributed by atoms with Crippen LogP contribution in [0.4, 0.5) is 5.69 Å². The van der Waals surface area contributed by atoms with Gasteiger partial charge in [-0.3, -0.25) is 9.35 Å². The van der Waals surface area contributed by atoms with E-state index in [-0.39, 0.29) is 23.5 Å². The van der Waals surface area contributed by atoms with Gasteiger partial charge in [-0.05, 0) is 25.1 Å². The first kappa shape index (κ1) is 18.7. The van der Waals surface area contributed by atoms with E-state index < -0.39 is 35.5 Å². The Bertz CT molecular complexity index is 774. The number of hydrogen-bond donors (Lipinski definition) is 3. The molecule has 1 aromatic rings. The van der Waals surface area contributed by atoms with Crippen molar-refractivity contribution >= 4 is 43.2 Å². The summed E-state index contributed by atoms with van der Waals surface area (Å²) < 4.78 is 53.0. The molecule has 0 aliphatic rings. The molecule has 8 nitrogen and oxygen atoms in total. The van der Waals surface area contributed by atoms with Crippen molar-refractivity contribution in [3.05, 3.63) is 23.8 Å². The molecule has 0 fully saturated rings. The number of hydrogen-bond acceptors (Lipinski definition) is 6. The van der Waals surface area contributed by atoms with Crippen molar-refractivity contribution in [3.8, 4) is 0 Å². The molecule has 0 spiro atoms. The third-order valence-corrected chi connectivity index (χ3v) is 6.21. The summed E-state index contributed by atoms with van der Waals surface area (Å²) in [4.78, 5) is 11.2. The predicted molar refractivity (Wildman–Crippen MR) is 82.1 cm³/mol. The van der Waals surface area contributed by atoms with Crippen molar-refractivity contribution in [2.75, 3.05) is 18.0 Å². The summed E-state index contributed by atoms with van der Waals surface area (Å²) in [7, 11) is -8.08. The lowest BCUT2D eigenvalue weighted by Gasteiger charge is -2.09. The minimum absolute atomic E-state index is 0.0851. The van der Waals surface area contributed by atoms with Gasteiger partial charge in [0.15, 0.2) is 9.84 Å². The van der Waals surface area contributed by atoms with Crippen molar-refractivity contribution in [1.29, 1.82) is 0 Å². The number of alkyl halides is 1. The van der Waals surface area contributed by atoms with Gasteiger partial charge in [0.05, 0.1) is 11.4 Å². The lowest BCUT2D eigenvalue weighted by Crippen LogP contribution is -2.31. The van der Waals surface area contributed by atoms with E-state index in [1.807, 2.05) is 0 Å².